The molecule has 3 saturated heterocycles. The Bertz CT molecular complexity index is 3490. The number of nitrogens with two attached hydrogens (primary N) is 1. The summed E-state index contributed by atoms with van der Waals surface area (Å²) in [5.74, 6) is 1.46. The van der Waals surface area contributed by atoms with E-state index in [4.69, 9.17) is 5.73 Å². The van der Waals surface area contributed by atoms with E-state index in [1.165, 1.54) is 20.8 Å². The van der Waals surface area contributed by atoms with Crippen LogP contribution >= 0.6 is 7.60 Å². The molecule has 4 aliphatic rings. The largest absolute Gasteiger partial charge is 0.399 e. The van der Waals surface area contributed by atoms with Crippen LogP contribution in [0.15, 0.2) is 103 Å². The predicted octanol–water partition coefficient (Wildman–Crippen LogP) is 5.67. The molecule has 5 heterocycles. The molecule has 3 fully saturated rings. The molecule has 86 heavy (non-hydrogen) atoms. The molecule has 0 bridgehead atoms. The van der Waals surface area contributed by atoms with Gasteiger partial charge in [0.05, 0.1) is 6.04 Å². The van der Waals surface area contributed by atoms with Crippen LogP contribution in [0.25, 0.3) is 10.9 Å². The van der Waals surface area contributed by atoms with E-state index in [0.717, 1.165) is 67.0 Å². The van der Waals surface area contributed by atoms with Crippen LogP contribution in [0.2, 0.25) is 0 Å². The average Bonchev–Trinajstić information content (AvgIpc) is 2.52. The first-order valence-corrected chi connectivity index (χ1v) is 30.5. The van der Waals surface area contributed by atoms with Crippen molar-refractivity contribution in [2.24, 2.45) is 5.73 Å². The lowest BCUT2D eigenvalue weighted by Gasteiger charge is -2.39. The van der Waals surface area contributed by atoms with Crippen molar-refractivity contribution in [3.8, 4) is 11.8 Å². The highest BCUT2D eigenvalue weighted by atomic mass is 31.2. The summed E-state index contributed by atoms with van der Waals surface area (Å²) in [6.45, 7) is 0.0873. The zero-order valence-electron chi connectivity index (χ0n) is 47.1. The number of aromatic amines is 1. The number of benzene rings is 4. The molecule has 5 aromatic rings. The Kier molecular flexibility index (Phi) is 19.6. The number of hydrogen-bond donors (Lipinski definition) is 8. The Hall–Kier alpha value is -8.58. The molecule has 9 N–H and O–H groups in total. The van der Waals surface area contributed by atoms with E-state index in [2.05, 4.69) is 38.1 Å². The second-order valence-electron chi connectivity index (χ2n) is 22.2. The number of primary amides is 1. The van der Waals surface area contributed by atoms with E-state index < -0.39 is 90.5 Å². The van der Waals surface area contributed by atoms with Crippen LogP contribution in [0, 0.1) is 11.8 Å². The SMILES string of the molecule is NC(=O)CCC(NC(=O)C1CCC2CCN(C(=O)CCCCCCCCC#Cc3cccc4c3CN(C3CCC(=O)NC3=O)C4=O)CC(NC(=O)c3cc4cc(C(F)(F)P(=O)(O)O)ccc4[nH]3)C(=O)N21)C(=O)NC(c1ccccc1)c1ccccc1. The van der Waals surface area contributed by atoms with Crippen LogP contribution in [0.5, 0.6) is 0 Å². The van der Waals surface area contributed by atoms with E-state index in [0.29, 0.717) is 30.4 Å². The number of piperidine rings is 1. The van der Waals surface area contributed by atoms with Crippen molar-refractivity contribution in [3.05, 3.63) is 142 Å². The van der Waals surface area contributed by atoms with Crippen molar-refractivity contribution >= 4 is 71.7 Å². The fourth-order valence-corrected chi connectivity index (χ4v) is 12.2. The lowest BCUT2D eigenvalue weighted by molar-refractivity contribution is -0.145. The maximum atomic E-state index is 15.0. The topological polar surface area (TPSA) is 311 Å². The third kappa shape index (κ3) is 14.4. The standard InChI is InChI=1S/C62H68F2N9O12P/c63-62(64,86(83,84)85)42-24-26-46-41(34-42)35-48(66-46)57(78)68-49-37-71(54(76)23-14-6-4-2-1-3-5-9-16-38-21-15-22-44-45(38)36-72(60(44)81)50-29-31-53(75)69-58(50)79)33-32-43-25-28-51(73(43)61(49)82)59(80)67-47(27-30-52(65)74)56(77)70-55(39-17-10-7-11-18-39)40-19-12-8-13-20-40/h7-8,10-13,15,17-22,24,26,34-35,43,47,49-51,55,66H,1-6,14,23,25,27-33,36-37H2,(H2,65,74)(H,67,80)(H,68,78)(H,70,77)(H,69,75,79)(H2,83,84,85). The molecular weight excluding hydrogens is 1130 g/mol. The molecule has 1 aromatic heterocycles. The van der Waals surface area contributed by atoms with Crippen molar-refractivity contribution in [1.82, 2.24) is 41.0 Å². The zero-order chi connectivity index (χ0) is 61.3. The molecule has 24 heteroatoms. The van der Waals surface area contributed by atoms with Gasteiger partial charge in [-0.15, -0.1) is 0 Å². The summed E-state index contributed by atoms with van der Waals surface area (Å²) in [5.41, 5.74) is 3.45. The normalized spacial score (nSPS) is 19.2. The number of carbonyl (C=O) groups excluding carboxylic acids is 9. The Morgan fingerprint density at radius 3 is 2.19 bits per heavy atom. The Labute approximate surface area is 494 Å². The molecule has 5 unspecified atom stereocenters. The van der Waals surface area contributed by atoms with Gasteiger partial charge in [0.15, 0.2) is 0 Å². The number of aromatic nitrogens is 1. The molecule has 452 valence electrons. The third-order valence-electron chi connectivity index (χ3n) is 16.3. The number of amides is 9. The molecule has 5 atom stereocenters. The number of unbranched alkanes of at least 4 members (excludes halogenated alkanes) is 6. The number of rotatable bonds is 22. The van der Waals surface area contributed by atoms with Crippen molar-refractivity contribution < 1.29 is 66.3 Å². The molecule has 0 saturated carbocycles. The van der Waals surface area contributed by atoms with Crippen molar-refractivity contribution in [2.45, 2.75) is 145 Å². The third-order valence-corrected chi connectivity index (χ3v) is 17.3. The van der Waals surface area contributed by atoms with Gasteiger partial charge in [-0.05, 0) is 92.0 Å². The molecule has 9 rings (SSSR count). The number of halogens is 2. The second kappa shape index (κ2) is 27.2. The molecule has 0 radical (unpaired) electrons. The summed E-state index contributed by atoms with van der Waals surface area (Å²) < 4.78 is 41.2. The van der Waals surface area contributed by atoms with E-state index in [9.17, 15) is 61.5 Å². The van der Waals surface area contributed by atoms with E-state index >= 15 is 4.79 Å². The Morgan fingerprint density at radius 2 is 1.50 bits per heavy atom. The number of hydrogen-bond acceptors (Lipinski definition) is 10. The molecule has 0 aliphatic carbocycles. The van der Waals surface area contributed by atoms with Gasteiger partial charge < -0.3 is 51.2 Å². The second-order valence-corrected chi connectivity index (χ2v) is 23.9. The van der Waals surface area contributed by atoms with E-state index in [1.807, 2.05) is 66.7 Å². The van der Waals surface area contributed by atoms with Crippen molar-refractivity contribution in [1.29, 1.82) is 0 Å². The van der Waals surface area contributed by atoms with Crippen LogP contribution in [-0.4, -0.2) is 126 Å². The first-order valence-electron chi connectivity index (χ1n) is 28.9. The van der Waals surface area contributed by atoms with Gasteiger partial charge in [-0.1, -0.05) is 110 Å². The summed E-state index contributed by atoms with van der Waals surface area (Å²) in [6.07, 6.45) is 6.18. The van der Waals surface area contributed by atoms with Gasteiger partial charge in [-0.2, -0.15) is 8.78 Å². The lowest BCUT2D eigenvalue weighted by Crippen LogP contribution is -2.62. The van der Waals surface area contributed by atoms with Gasteiger partial charge in [-0.25, -0.2) is 0 Å². The van der Waals surface area contributed by atoms with Gasteiger partial charge in [0, 0.05) is 79.0 Å². The van der Waals surface area contributed by atoms with Crippen LogP contribution in [0.4, 0.5) is 8.78 Å². The maximum absolute atomic E-state index is 15.0. The minimum Gasteiger partial charge on any atom is -0.370 e. The fourth-order valence-electron chi connectivity index (χ4n) is 11.7. The number of H-pyrrole nitrogens is 1. The summed E-state index contributed by atoms with van der Waals surface area (Å²) >= 11 is 0. The number of alkyl halides is 2. The highest BCUT2D eigenvalue weighted by Gasteiger charge is 2.51. The quantitative estimate of drug-likeness (QED) is 0.0180. The van der Waals surface area contributed by atoms with Gasteiger partial charge in [0.1, 0.15) is 29.9 Å². The molecule has 0 spiro atoms. The van der Waals surface area contributed by atoms with Crippen LogP contribution in [-0.2, 0) is 50.3 Å². The average molecular weight is 1200 g/mol. The summed E-state index contributed by atoms with van der Waals surface area (Å²) in [7, 11) is -5.93. The smallest absolute Gasteiger partial charge is 0.370 e. The summed E-state index contributed by atoms with van der Waals surface area (Å²) in [6, 6.07) is 21.8. The molecule has 21 nitrogen and oxygen atoms in total. The Balaban J connectivity index is 0.839. The highest BCUT2D eigenvalue weighted by molar-refractivity contribution is 7.52. The van der Waals surface area contributed by atoms with Gasteiger partial charge >= 0.3 is 13.3 Å². The molecule has 9 amide bonds. The first kappa shape index (κ1) is 62.0. The van der Waals surface area contributed by atoms with E-state index in [1.54, 1.807) is 12.1 Å². The van der Waals surface area contributed by atoms with Gasteiger partial charge in [0.2, 0.25) is 41.4 Å². The van der Waals surface area contributed by atoms with E-state index in [-0.39, 0.29) is 98.9 Å². The fraction of sp³-hybridized carbons (Fsp3) is 0.403. The van der Waals surface area contributed by atoms with Crippen LogP contribution in [0.1, 0.15) is 151 Å². The minimum absolute atomic E-state index is 0.00802. The number of nitrogens with one attached hydrogen (secondary N) is 5. The van der Waals surface area contributed by atoms with Crippen molar-refractivity contribution in [3.63, 3.8) is 0 Å². The molecular formula is C62H68F2N9O12P. The maximum Gasteiger partial charge on any atom is 0.399 e. The van der Waals surface area contributed by atoms with Gasteiger partial charge in [0.25, 0.3) is 11.8 Å². The highest BCUT2D eigenvalue weighted by Crippen LogP contribution is 2.59. The Morgan fingerprint density at radius 1 is 0.802 bits per heavy atom. The number of imide groups is 1. The zero-order valence-corrected chi connectivity index (χ0v) is 48.0. The summed E-state index contributed by atoms with van der Waals surface area (Å²) in [5, 5.41) is 10.8. The van der Waals surface area contributed by atoms with Crippen molar-refractivity contribution in [2.75, 3.05) is 13.1 Å². The number of fused-ring (bicyclic) bond motifs is 3. The van der Waals surface area contributed by atoms with Crippen LogP contribution in [0.3, 0.4) is 0 Å². The lowest BCUT2D eigenvalue weighted by atomic mass is 9.98. The first-order chi connectivity index (χ1) is 41.2. The molecule has 4 aliphatic heterocycles. The summed E-state index contributed by atoms with van der Waals surface area (Å²) in [4.78, 5) is 148. The minimum atomic E-state index is -5.93. The van der Waals surface area contributed by atoms with Crippen LogP contribution < -0.4 is 27.0 Å². The van der Waals surface area contributed by atoms with Gasteiger partial charge in [-0.3, -0.25) is 53.0 Å². The predicted molar refractivity (Wildman–Crippen MR) is 310 cm³/mol. The monoisotopic (exact) mass is 1200 g/mol. The number of carbonyl (C=O) groups is 9. The number of nitrogens with zero attached hydrogens (tertiary/aromatic N) is 3. The molecule has 4 aromatic carbocycles.